The summed E-state index contributed by atoms with van der Waals surface area (Å²) in [5.41, 5.74) is -1.01. The molecule has 0 bridgehead atoms. The van der Waals surface area contributed by atoms with E-state index in [0.29, 0.717) is 6.42 Å². The molecule has 0 aromatic carbocycles. The molecular formula is C9H19NO4. The molecule has 0 heterocycles. The van der Waals surface area contributed by atoms with Crippen molar-refractivity contribution in [2.45, 2.75) is 25.8 Å². The van der Waals surface area contributed by atoms with Crippen LogP contribution in [0.2, 0.25) is 0 Å². The monoisotopic (exact) mass is 205 g/mol. The van der Waals surface area contributed by atoms with E-state index in [1.165, 1.54) is 0 Å². The van der Waals surface area contributed by atoms with E-state index in [9.17, 15) is 4.79 Å². The second kappa shape index (κ2) is 5.95. The molecule has 0 rings (SSSR count). The summed E-state index contributed by atoms with van der Waals surface area (Å²) in [4.78, 5) is 12.6. The van der Waals surface area contributed by atoms with Crippen molar-refractivity contribution in [3.05, 3.63) is 0 Å². The summed E-state index contributed by atoms with van der Waals surface area (Å²) < 4.78 is 0. The topological polar surface area (TPSA) is 81.0 Å². The molecule has 5 heteroatoms. The molecule has 0 aliphatic rings. The van der Waals surface area contributed by atoms with Crippen molar-refractivity contribution >= 4 is 5.97 Å². The summed E-state index contributed by atoms with van der Waals surface area (Å²) >= 11 is 0. The van der Waals surface area contributed by atoms with Crippen molar-refractivity contribution in [3.63, 3.8) is 0 Å². The molecule has 0 amide bonds. The second-order valence-corrected chi connectivity index (χ2v) is 3.37. The van der Waals surface area contributed by atoms with E-state index >= 15 is 0 Å². The van der Waals surface area contributed by atoms with E-state index in [4.69, 9.17) is 15.3 Å². The predicted molar refractivity (Wildman–Crippen MR) is 52.1 cm³/mol. The molecule has 5 nitrogen and oxygen atoms in total. The Labute approximate surface area is 84.0 Å². The first-order valence-electron chi connectivity index (χ1n) is 4.73. The van der Waals surface area contributed by atoms with E-state index in [1.807, 2.05) is 0 Å². The molecule has 0 aromatic rings. The van der Waals surface area contributed by atoms with Crippen LogP contribution in [0.3, 0.4) is 0 Å². The van der Waals surface area contributed by atoms with Crippen LogP contribution in [0.15, 0.2) is 0 Å². The third-order valence-corrected chi connectivity index (χ3v) is 2.59. The standard InChI is InChI=1S/C9H19NO4/c1-3-9(2,8(13)14)10(4-6-11)5-7-12/h11-12H,3-7H2,1-2H3,(H,13,14). The number of aliphatic hydroxyl groups is 2. The number of carboxylic acid groups (broad SMARTS) is 1. The van der Waals surface area contributed by atoms with Crippen LogP contribution in [0, 0.1) is 0 Å². The minimum atomic E-state index is -1.01. The fraction of sp³-hybridized carbons (Fsp3) is 0.889. The van der Waals surface area contributed by atoms with Crippen LogP contribution in [0.5, 0.6) is 0 Å². The number of carbonyl (C=O) groups is 1. The molecule has 0 fully saturated rings. The Kier molecular flexibility index (Phi) is 5.68. The fourth-order valence-corrected chi connectivity index (χ4v) is 1.36. The van der Waals surface area contributed by atoms with Crippen molar-refractivity contribution in [3.8, 4) is 0 Å². The molecule has 0 radical (unpaired) electrons. The van der Waals surface area contributed by atoms with Gasteiger partial charge in [-0.3, -0.25) is 9.69 Å². The van der Waals surface area contributed by atoms with Gasteiger partial charge in [0.15, 0.2) is 0 Å². The quantitative estimate of drug-likeness (QED) is 0.523. The third-order valence-electron chi connectivity index (χ3n) is 2.59. The molecule has 0 saturated carbocycles. The minimum Gasteiger partial charge on any atom is -0.480 e. The lowest BCUT2D eigenvalue weighted by atomic mass is 9.96. The number of hydrogen-bond donors (Lipinski definition) is 3. The number of rotatable bonds is 7. The lowest BCUT2D eigenvalue weighted by molar-refractivity contribution is -0.151. The molecule has 84 valence electrons. The molecule has 0 spiro atoms. The van der Waals surface area contributed by atoms with Crippen molar-refractivity contribution in [2.75, 3.05) is 26.3 Å². The summed E-state index contributed by atoms with van der Waals surface area (Å²) in [5, 5.41) is 26.6. The Bertz CT molecular complexity index is 180. The van der Waals surface area contributed by atoms with Crippen molar-refractivity contribution in [1.82, 2.24) is 4.90 Å². The van der Waals surface area contributed by atoms with Gasteiger partial charge in [0.25, 0.3) is 0 Å². The maximum atomic E-state index is 11.0. The van der Waals surface area contributed by atoms with E-state index in [2.05, 4.69) is 0 Å². The van der Waals surface area contributed by atoms with Crippen LogP contribution >= 0.6 is 0 Å². The van der Waals surface area contributed by atoms with Gasteiger partial charge in [0.1, 0.15) is 5.54 Å². The van der Waals surface area contributed by atoms with E-state index in [1.54, 1.807) is 18.7 Å². The van der Waals surface area contributed by atoms with Gasteiger partial charge in [0.2, 0.25) is 0 Å². The van der Waals surface area contributed by atoms with Gasteiger partial charge in [-0.25, -0.2) is 0 Å². The molecule has 1 unspecified atom stereocenters. The highest BCUT2D eigenvalue weighted by Crippen LogP contribution is 2.18. The number of aliphatic carboxylic acids is 1. The third kappa shape index (κ3) is 2.94. The molecule has 0 saturated heterocycles. The minimum absolute atomic E-state index is 0.108. The van der Waals surface area contributed by atoms with Crippen LogP contribution in [-0.2, 0) is 4.79 Å². The molecule has 14 heavy (non-hydrogen) atoms. The normalized spacial score (nSPS) is 15.5. The summed E-state index contributed by atoms with van der Waals surface area (Å²) in [6, 6.07) is 0. The van der Waals surface area contributed by atoms with Gasteiger partial charge in [-0.05, 0) is 13.3 Å². The zero-order valence-electron chi connectivity index (χ0n) is 8.73. The highest BCUT2D eigenvalue weighted by molar-refractivity contribution is 5.78. The van der Waals surface area contributed by atoms with Crippen LogP contribution in [0.25, 0.3) is 0 Å². The van der Waals surface area contributed by atoms with E-state index < -0.39 is 11.5 Å². The fourth-order valence-electron chi connectivity index (χ4n) is 1.36. The van der Waals surface area contributed by atoms with Gasteiger partial charge in [-0.2, -0.15) is 0 Å². The van der Waals surface area contributed by atoms with Crippen molar-refractivity contribution < 1.29 is 20.1 Å². The molecule has 0 aliphatic heterocycles. The number of carboxylic acids is 1. The van der Waals surface area contributed by atoms with Crippen molar-refractivity contribution in [1.29, 1.82) is 0 Å². The highest BCUT2D eigenvalue weighted by atomic mass is 16.4. The number of β-amino-alcohol motifs (C(OH)–C–C–N with tert-alkyl or cyclic N) is 2. The molecule has 3 N–H and O–H groups in total. The zero-order valence-corrected chi connectivity index (χ0v) is 8.73. The number of aliphatic hydroxyl groups excluding tert-OH is 2. The van der Waals surface area contributed by atoms with Crippen LogP contribution in [-0.4, -0.2) is 58.0 Å². The lowest BCUT2D eigenvalue weighted by Gasteiger charge is -2.36. The second-order valence-electron chi connectivity index (χ2n) is 3.37. The van der Waals surface area contributed by atoms with Crippen LogP contribution < -0.4 is 0 Å². The largest absolute Gasteiger partial charge is 0.480 e. The first-order chi connectivity index (χ1) is 6.52. The number of hydrogen-bond acceptors (Lipinski definition) is 4. The average molecular weight is 205 g/mol. The zero-order chi connectivity index (χ0) is 11.2. The Hall–Kier alpha value is -0.650. The Balaban J connectivity index is 4.63. The Morgan fingerprint density at radius 3 is 1.93 bits per heavy atom. The van der Waals surface area contributed by atoms with E-state index in [-0.39, 0.29) is 26.3 Å². The SMILES string of the molecule is CCC(C)(C(=O)O)N(CCO)CCO. The predicted octanol–water partition coefficient (Wildman–Crippen LogP) is -0.474. The Morgan fingerprint density at radius 2 is 1.71 bits per heavy atom. The summed E-state index contributed by atoms with van der Waals surface area (Å²) in [6.45, 7) is 3.68. The van der Waals surface area contributed by atoms with Crippen LogP contribution in [0.4, 0.5) is 0 Å². The van der Waals surface area contributed by atoms with Gasteiger partial charge in [0.05, 0.1) is 13.2 Å². The van der Waals surface area contributed by atoms with Crippen LogP contribution in [0.1, 0.15) is 20.3 Å². The molecule has 1 atom stereocenters. The van der Waals surface area contributed by atoms with Gasteiger partial charge in [-0.1, -0.05) is 6.92 Å². The molecular weight excluding hydrogens is 186 g/mol. The maximum Gasteiger partial charge on any atom is 0.323 e. The van der Waals surface area contributed by atoms with Gasteiger partial charge in [0, 0.05) is 13.1 Å². The summed E-state index contributed by atoms with van der Waals surface area (Å²) in [5.74, 6) is -0.929. The first kappa shape index (κ1) is 13.4. The summed E-state index contributed by atoms with van der Waals surface area (Å²) in [7, 11) is 0. The first-order valence-corrected chi connectivity index (χ1v) is 4.73. The maximum absolute atomic E-state index is 11.0. The summed E-state index contributed by atoms with van der Waals surface area (Å²) in [6.07, 6.45) is 0.433. The Morgan fingerprint density at radius 1 is 1.29 bits per heavy atom. The molecule has 0 aromatic heterocycles. The van der Waals surface area contributed by atoms with Crippen molar-refractivity contribution in [2.24, 2.45) is 0 Å². The highest BCUT2D eigenvalue weighted by Gasteiger charge is 2.36. The van der Waals surface area contributed by atoms with Gasteiger partial charge < -0.3 is 15.3 Å². The molecule has 0 aliphatic carbocycles. The van der Waals surface area contributed by atoms with Gasteiger partial charge in [-0.15, -0.1) is 0 Å². The van der Waals surface area contributed by atoms with E-state index in [0.717, 1.165) is 0 Å². The van der Waals surface area contributed by atoms with Gasteiger partial charge >= 0.3 is 5.97 Å². The average Bonchev–Trinajstić information content (AvgIpc) is 2.16. The smallest absolute Gasteiger partial charge is 0.323 e. The lowest BCUT2D eigenvalue weighted by Crippen LogP contribution is -2.54. The number of nitrogens with zero attached hydrogens (tertiary/aromatic N) is 1.